The first-order valence-electron chi connectivity index (χ1n) is 10.4. The molecule has 0 radical (unpaired) electrons. The Balaban J connectivity index is 1.65. The minimum atomic E-state index is -0.0653. The second-order valence-corrected chi connectivity index (χ2v) is 7.82. The predicted molar refractivity (Wildman–Crippen MR) is 125 cm³/mol. The Kier molecular flexibility index (Phi) is 6.07. The first kappa shape index (κ1) is 21.4. The highest BCUT2D eigenvalue weighted by molar-refractivity contribution is 6.08. The number of amides is 1. The average molecular weight is 431 g/mol. The molecule has 0 atom stereocenters. The van der Waals surface area contributed by atoms with Crippen LogP contribution in [0.2, 0.25) is 0 Å². The van der Waals surface area contributed by atoms with Crippen LogP contribution < -0.4 is 15.0 Å². The fraction of sp³-hybridized carbons (Fsp3) is 0.240. The van der Waals surface area contributed by atoms with Gasteiger partial charge >= 0.3 is 0 Å². The van der Waals surface area contributed by atoms with E-state index in [0.717, 1.165) is 44.9 Å². The number of rotatable bonds is 7. The lowest BCUT2D eigenvalue weighted by atomic mass is 10.0. The van der Waals surface area contributed by atoms with Crippen LogP contribution in [0.1, 0.15) is 35.8 Å². The number of benzene rings is 1. The topological polar surface area (TPSA) is 80.5 Å². The summed E-state index contributed by atoms with van der Waals surface area (Å²) in [5, 5.41) is 2.93. The first-order chi connectivity index (χ1) is 15.5. The van der Waals surface area contributed by atoms with Gasteiger partial charge in [0.1, 0.15) is 11.5 Å². The van der Waals surface area contributed by atoms with E-state index in [-0.39, 0.29) is 12.3 Å². The van der Waals surface area contributed by atoms with Crippen LogP contribution in [0, 0.1) is 0 Å². The van der Waals surface area contributed by atoms with E-state index in [1.54, 1.807) is 31.8 Å². The smallest absolute Gasteiger partial charge is 0.224 e. The normalized spacial score (nSPS) is 13.9. The summed E-state index contributed by atoms with van der Waals surface area (Å²) < 4.78 is 10.7. The van der Waals surface area contributed by atoms with Gasteiger partial charge in [-0.1, -0.05) is 6.07 Å². The SMILES string of the molecule is COc1ccc2c(c1)C(CC(=O)NCc1ccco1)=C(C)/C2=C/c1cnc(N(C)C)nc1. The molecule has 0 fully saturated rings. The van der Waals surface area contributed by atoms with Gasteiger partial charge in [-0.05, 0) is 65.1 Å². The highest BCUT2D eigenvalue weighted by Gasteiger charge is 2.26. The van der Waals surface area contributed by atoms with Crippen LogP contribution in [-0.2, 0) is 11.3 Å². The van der Waals surface area contributed by atoms with Crippen molar-refractivity contribution in [3.8, 4) is 5.75 Å². The van der Waals surface area contributed by atoms with E-state index in [2.05, 4.69) is 21.4 Å². The number of nitrogens with one attached hydrogen (secondary N) is 1. The van der Waals surface area contributed by atoms with Gasteiger partial charge in [-0.3, -0.25) is 4.79 Å². The summed E-state index contributed by atoms with van der Waals surface area (Å²) in [5.74, 6) is 2.07. The Morgan fingerprint density at radius 1 is 1.19 bits per heavy atom. The zero-order chi connectivity index (χ0) is 22.7. The lowest BCUT2D eigenvalue weighted by Gasteiger charge is -2.09. The van der Waals surface area contributed by atoms with Gasteiger partial charge in [0.15, 0.2) is 0 Å². The molecule has 7 nitrogen and oxygen atoms in total. The fourth-order valence-corrected chi connectivity index (χ4v) is 3.74. The zero-order valence-corrected chi connectivity index (χ0v) is 18.7. The van der Waals surface area contributed by atoms with E-state index < -0.39 is 0 Å². The minimum absolute atomic E-state index is 0.0653. The Bertz CT molecular complexity index is 1180. The minimum Gasteiger partial charge on any atom is -0.497 e. The van der Waals surface area contributed by atoms with Crippen molar-refractivity contribution >= 4 is 29.1 Å². The van der Waals surface area contributed by atoms with Crippen LogP contribution in [0.15, 0.2) is 59.0 Å². The van der Waals surface area contributed by atoms with Crippen LogP contribution in [-0.4, -0.2) is 37.1 Å². The summed E-state index contributed by atoms with van der Waals surface area (Å²) in [6.45, 7) is 2.41. The van der Waals surface area contributed by atoms with Crippen molar-refractivity contribution in [1.29, 1.82) is 0 Å². The maximum absolute atomic E-state index is 12.7. The van der Waals surface area contributed by atoms with Gasteiger partial charge < -0.3 is 19.4 Å². The molecule has 1 N–H and O–H groups in total. The highest BCUT2D eigenvalue weighted by Crippen LogP contribution is 2.44. The Hall–Kier alpha value is -3.87. The van der Waals surface area contributed by atoms with Crippen LogP contribution in [0.3, 0.4) is 0 Å². The number of hydrogen-bond acceptors (Lipinski definition) is 6. The second kappa shape index (κ2) is 9.09. The molecule has 2 aromatic heterocycles. The zero-order valence-electron chi connectivity index (χ0n) is 18.7. The maximum atomic E-state index is 12.7. The number of aromatic nitrogens is 2. The molecule has 1 aliphatic carbocycles. The molecule has 32 heavy (non-hydrogen) atoms. The molecule has 2 heterocycles. The molecule has 0 bridgehead atoms. The molecule has 4 rings (SSSR count). The number of anilines is 1. The van der Waals surface area contributed by atoms with Crippen molar-refractivity contribution < 1.29 is 13.9 Å². The first-order valence-corrected chi connectivity index (χ1v) is 10.4. The standard InChI is InChI=1S/C25H26N4O3/c1-16-21(10-17-13-27-25(28-14-17)29(2)3)20-8-7-18(31-4)11-23(20)22(16)12-24(30)26-15-19-6-5-9-32-19/h5-11,13-14H,12,15H2,1-4H3,(H,26,30)/b21-10-. The van der Waals surface area contributed by atoms with E-state index in [1.807, 2.05) is 50.2 Å². The highest BCUT2D eigenvalue weighted by atomic mass is 16.5. The average Bonchev–Trinajstić information content (AvgIpc) is 3.40. The van der Waals surface area contributed by atoms with Gasteiger partial charge in [0.05, 0.1) is 26.3 Å². The van der Waals surface area contributed by atoms with Crippen molar-refractivity contribution in [1.82, 2.24) is 15.3 Å². The number of ether oxygens (including phenoxy) is 1. The summed E-state index contributed by atoms with van der Waals surface area (Å²) in [6, 6.07) is 9.60. The van der Waals surface area contributed by atoms with Crippen molar-refractivity contribution in [3.05, 3.63) is 77.0 Å². The van der Waals surface area contributed by atoms with Crippen LogP contribution in [0.4, 0.5) is 5.95 Å². The molecule has 0 unspecified atom stereocenters. The number of methoxy groups -OCH3 is 1. The summed E-state index contributed by atoms with van der Waals surface area (Å²) in [5.41, 5.74) is 6.06. The number of fused-ring (bicyclic) bond motifs is 1. The largest absolute Gasteiger partial charge is 0.497 e. The number of hydrogen-bond donors (Lipinski definition) is 1. The van der Waals surface area contributed by atoms with Crippen molar-refractivity contribution in [2.45, 2.75) is 19.9 Å². The molecule has 1 aromatic carbocycles. The molecular weight excluding hydrogens is 404 g/mol. The van der Waals surface area contributed by atoms with Crippen LogP contribution in [0.25, 0.3) is 17.2 Å². The summed E-state index contributed by atoms with van der Waals surface area (Å²) in [7, 11) is 5.46. The Morgan fingerprint density at radius 3 is 2.62 bits per heavy atom. The molecule has 164 valence electrons. The lowest BCUT2D eigenvalue weighted by molar-refractivity contribution is -0.120. The molecular formula is C25H26N4O3. The second-order valence-electron chi connectivity index (χ2n) is 7.82. The fourth-order valence-electron chi connectivity index (χ4n) is 3.74. The van der Waals surface area contributed by atoms with Gasteiger partial charge in [-0.25, -0.2) is 9.97 Å². The third-order valence-electron chi connectivity index (χ3n) is 5.45. The molecule has 0 aliphatic heterocycles. The van der Waals surface area contributed by atoms with E-state index >= 15 is 0 Å². The van der Waals surface area contributed by atoms with Gasteiger partial charge in [-0.15, -0.1) is 0 Å². The van der Waals surface area contributed by atoms with Crippen molar-refractivity contribution in [2.24, 2.45) is 0 Å². The monoisotopic (exact) mass is 430 g/mol. The summed E-state index contributed by atoms with van der Waals surface area (Å²) in [6.07, 6.45) is 7.53. The van der Waals surface area contributed by atoms with E-state index in [0.29, 0.717) is 12.5 Å². The molecule has 3 aromatic rings. The van der Waals surface area contributed by atoms with Crippen molar-refractivity contribution in [3.63, 3.8) is 0 Å². The molecule has 1 aliphatic rings. The van der Waals surface area contributed by atoms with Gasteiger partial charge in [0, 0.05) is 32.1 Å². The number of furan rings is 1. The van der Waals surface area contributed by atoms with Crippen LogP contribution >= 0.6 is 0 Å². The quantitative estimate of drug-likeness (QED) is 0.606. The van der Waals surface area contributed by atoms with E-state index in [1.165, 1.54) is 0 Å². The Morgan fingerprint density at radius 2 is 1.97 bits per heavy atom. The van der Waals surface area contributed by atoms with Gasteiger partial charge in [-0.2, -0.15) is 0 Å². The number of allylic oxidation sites excluding steroid dienone is 2. The number of nitrogens with zero attached hydrogens (tertiary/aromatic N) is 3. The molecule has 0 spiro atoms. The third kappa shape index (κ3) is 4.42. The molecule has 0 saturated carbocycles. The van der Waals surface area contributed by atoms with Crippen LogP contribution in [0.5, 0.6) is 5.75 Å². The summed E-state index contributed by atoms with van der Waals surface area (Å²) in [4.78, 5) is 23.4. The molecule has 1 amide bonds. The number of carbonyl (C=O) groups is 1. The number of carbonyl (C=O) groups excluding carboxylic acids is 1. The van der Waals surface area contributed by atoms with E-state index in [4.69, 9.17) is 9.15 Å². The predicted octanol–water partition coefficient (Wildman–Crippen LogP) is 4.18. The van der Waals surface area contributed by atoms with Gasteiger partial charge in [0.2, 0.25) is 11.9 Å². The van der Waals surface area contributed by atoms with Gasteiger partial charge in [0.25, 0.3) is 0 Å². The summed E-state index contributed by atoms with van der Waals surface area (Å²) >= 11 is 0. The molecule has 0 saturated heterocycles. The van der Waals surface area contributed by atoms with Crippen molar-refractivity contribution in [2.75, 3.05) is 26.1 Å². The molecule has 7 heteroatoms. The lowest BCUT2D eigenvalue weighted by Crippen LogP contribution is -2.22. The maximum Gasteiger partial charge on any atom is 0.224 e. The Labute approximate surface area is 187 Å². The van der Waals surface area contributed by atoms with E-state index in [9.17, 15) is 4.79 Å². The third-order valence-corrected chi connectivity index (χ3v) is 5.45.